The summed E-state index contributed by atoms with van der Waals surface area (Å²) >= 11 is 2.31. The Bertz CT molecular complexity index is 2460. The number of thioether (sulfide) groups is 2. The van der Waals surface area contributed by atoms with E-state index in [0.29, 0.717) is 17.7 Å². The van der Waals surface area contributed by atoms with E-state index in [4.69, 9.17) is 5.73 Å². The molecule has 3 rings (SSSR count). The number of likely N-dealkylation sites (tertiary alicyclic amines) is 1. The minimum Gasteiger partial charge on any atom is -0.480 e. The highest BCUT2D eigenvalue weighted by Crippen LogP contribution is 2.25. The van der Waals surface area contributed by atoms with Crippen molar-refractivity contribution in [2.45, 2.75) is 170 Å². The van der Waals surface area contributed by atoms with Crippen LogP contribution < -0.4 is 43.0 Å². The van der Waals surface area contributed by atoms with Gasteiger partial charge in [-0.05, 0) is 99.5 Å². The van der Waals surface area contributed by atoms with Gasteiger partial charge in [0.25, 0.3) is 0 Å². The maximum Gasteiger partial charge on any atom is 0.332 e. The molecule has 0 radical (unpaired) electrons. The smallest absolute Gasteiger partial charge is 0.332 e. The third-order valence-electron chi connectivity index (χ3n) is 12.8. The van der Waals surface area contributed by atoms with Crippen molar-refractivity contribution in [3.63, 3.8) is 0 Å². The zero-order valence-corrected chi connectivity index (χ0v) is 48.1. The molecule has 0 bridgehead atoms. The Kier molecular flexibility index (Phi) is 27.5. The lowest BCUT2D eigenvalue weighted by molar-refractivity contribution is -0.143. The summed E-state index contributed by atoms with van der Waals surface area (Å²) in [5.41, 5.74) is 6.66. The normalized spacial score (nSPS) is 17.8. The van der Waals surface area contributed by atoms with Crippen molar-refractivity contribution < 1.29 is 66.0 Å². The molecule has 0 saturated carbocycles. The summed E-state index contributed by atoms with van der Waals surface area (Å²) in [6.45, 7) is 13.5. The van der Waals surface area contributed by atoms with Crippen LogP contribution in [0, 0.1) is 17.8 Å². The van der Waals surface area contributed by atoms with Crippen LogP contribution in [0.15, 0.2) is 64.4 Å². The van der Waals surface area contributed by atoms with E-state index in [1.807, 2.05) is 6.26 Å². The number of carbonyl (C=O) groups is 8. The van der Waals surface area contributed by atoms with Gasteiger partial charge in [-0.2, -0.15) is 20.2 Å². The van der Waals surface area contributed by atoms with Gasteiger partial charge in [-0.25, -0.2) is 4.79 Å². The summed E-state index contributed by atoms with van der Waals surface area (Å²) in [6.07, 6.45) is -0.350. The van der Waals surface area contributed by atoms with Crippen LogP contribution in [0.4, 0.5) is 3.89 Å². The third kappa shape index (κ3) is 21.7. The van der Waals surface area contributed by atoms with E-state index in [0.717, 1.165) is 23.9 Å². The first-order valence-corrected chi connectivity index (χ1v) is 29.7. The fourth-order valence-electron chi connectivity index (χ4n) is 8.42. The van der Waals surface area contributed by atoms with Crippen molar-refractivity contribution in [2.75, 3.05) is 24.3 Å². The Labute approximate surface area is 465 Å². The molecule has 2 aromatic carbocycles. The molecule has 0 aliphatic carbocycles. The number of carboxylic acid groups (broad SMARTS) is 1. The molecule has 26 heteroatoms. The molecule has 1 saturated heterocycles. The lowest BCUT2D eigenvalue weighted by Gasteiger charge is -2.34. The fourth-order valence-corrected chi connectivity index (χ4v) is 10.4. The lowest BCUT2D eigenvalue weighted by Crippen LogP contribution is -2.62. The number of nitrogens with zero attached hydrogens (tertiary/aromatic N) is 1. The average molecular weight is 1150 g/mol. The van der Waals surface area contributed by atoms with Crippen LogP contribution in [0.3, 0.4) is 0 Å². The van der Waals surface area contributed by atoms with Crippen LogP contribution >= 0.6 is 23.5 Å². The standard InChI is InChI=1S/C52H80FN9O13S3/c1-28(2)23-37(45(65)57-38(25-33-15-11-10-12-16-33)46(66)59-39(52(72)73)24-29(3)4)58-50(70)43(32(8)63)61-47(67)40(27-77-34-17-13-18-35(26-34)78(53,74)75)60-48(68)41-19-14-21-62(41)51(71)31(7)55-44(64)36(20-22-76-9)56-49(69)42(54)30(5)6/h10-13,15-18,26,28-32,36-43,51,63,71H,14,19-25,27,54H2,1-9H3,(H,55,64)(H,56,69)(H,57,65)(H,58,70)(H,59,66)(H,60,68)(H,61,67)(H,72,73)/t31-,32+,36-,37-,38-,39-,40-,41-,42-,43-,51?/m0/s1. The Morgan fingerprint density at radius 1 is 0.705 bits per heavy atom. The number of carbonyl (C=O) groups excluding carboxylic acids is 7. The molecule has 1 fully saturated rings. The summed E-state index contributed by atoms with van der Waals surface area (Å²) in [5, 5.41) is 50.8. The lowest BCUT2D eigenvalue weighted by atomic mass is 9.99. The molecule has 1 aliphatic rings. The molecule has 1 heterocycles. The number of nitrogens with one attached hydrogen (secondary N) is 7. The maximum absolute atomic E-state index is 14.4. The Hall–Kier alpha value is -5.38. The molecule has 11 atom stereocenters. The van der Waals surface area contributed by atoms with E-state index in [1.165, 1.54) is 42.6 Å². The van der Waals surface area contributed by atoms with Crippen molar-refractivity contribution in [3.05, 3.63) is 60.2 Å². The summed E-state index contributed by atoms with van der Waals surface area (Å²) in [6, 6.07) is 2.17. The van der Waals surface area contributed by atoms with Gasteiger partial charge in [0, 0.05) is 23.6 Å². The first kappa shape index (κ1) is 66.9. The van der Waals surface area contributed by atoms with Crippen molar-refractivity contribution in [1.29, 1.82) is 0 Å². The number of rotatable bonds is 32. The van der Waals surface area contributed by atoms with E-state index in [2.05, 4.69) is 37.2 Å². The highest BCUT2D eigenvalue weighted by molar-refractivity contribution is 7.99. The van der Waals surface area contributed by atoms with Gasteiger partial charge in [0.2, 0.25) is 41.4 Å². The summed E-state index contributed by atoms with van der Waals surface area (Å²) < 4.78 is 37.6. The summed E-state index contributed by atoms with van der Waals surface area (Å²) in [5.74, 6) is -7.21. The number of hydrogen-bond acceptors (Lipinski definition) is 16. The van der Waals surface area contributed by atoms with Crippen molar-refractivity contribution in [1.82, 2.24) is 42.1 Å². The van der Waals surface area contributed by atoms with Gasteiger partial charge in [0.05, 0.1) is 29.1 Å². The van der Waals surface area contributed by atoms with E-state index >= 15 is 0 Å². The molecule has 78 heavy (non-hydrogen) atoms. The Balaban J connectivity index is 1.91. The number of aliphatic hydroxyl groups is 2. The average Bonchev–Trinajstić information content (AvgIpc) is 3.87. The predicted molar refractivity (Wildman–Crippen MR) is 295 cm³/mol. The molecule has 1 aliphatic heterocycles. The second-order valence-electron chi connectivity index (χ2n) is 20.7. The number of aliphatic carboxylic acids is 1. The van der Waals surface area contributed by atoms with E-state index in [-0.39, 0.29) is 67.1 Å². The monoisotopic (exact) mass is 1150 g/mol. The SMILES string of the molecule is CSCC[C@H](NC(=O)[C@@H](N)C(C)C)C(=O)N[C@@H](C)C(O)N1CCC[C@H]1C(=O)N[C@@H](CSc1cccc(S(=O)(=O)F)c1)C(=O)N[C@H](C(=O)N[C@@H](CC(C)C)C(=O)N[C@@H](Cc1ccccc1)C(=O)N[C@@H](CC(C)C)C(=O)O)[C@@H](C)O. The fraction of sp³-hybridized carbons (Fsp3) is 0.615. The largest absolute Gasteiger partial charge is 0.480 e. The zero-order valence-electron chi connectivity index (χ0n) is 45.7. The molecule has 0 aromatic heterocycles. The highest BCUT2D eigenvalue weighted by atomic mass is 32.3. The van der Waals surface area contributed by atoms with Gasteiger partial charge in [-0.3, -0.25) is 38.5 Å². The van der Waals surface area contributed by atoms with Crippen LogP contribution in [0.2, 0.25) is 0 Å². The number of carboxylic acids is 1. The van der Waals surface area contributed by atoms with Gasteiger partial charge < -0.3 is 58.3 Å². The van der Waals surface area contributed by atoms with Gasteiger partial charge in [-0.1, -0.05) is 77.9 Å². The Morgan fingerprint density at radius 3 is 1.85 bits per heavy atom. The molecule has 12 N–H and O–H groups in total. The second kappa shape index (κ2) is 32.0. The van der Waals surface area contributed by atoms with Gasteiger partial charge in [0.1, 0.15) is 42.5 Å². The predicted octanol–water partition coefficient (Wildman–Crippen LogP) is 1.17. The first-order valence-electron chi connectivity index (χ1n) is 26.0. The minimum absolute atomic E-state index is 0.0000149. The van der Waals surface area contributed by atoms with E-state index in [9.17, 15) is 66.0 Å². The van der Waals surface area contributed by atoms with Crippen LogP contribution in [0.5, 0.6) is 0 Å². The highest BCUT2D eigenvalue weighted by Gasteiger charge is 2.41. The number of halogens is 1. The molecule has 22 nitrogen and oxygen atoms in total. The number of amides is 7. The van der Waals surface area contributed by atoms with Gasteiger partial charge in [0.15, 0.2) is 0 Å². The zero-order chi connectivity index (χ0) is 58.6. The quantitative estimate of drug-likeness (QED) is 0.0362. The van der Waals surface area contributed by atoms with Crippen LogP contribution in [0.25, 0.3) is 0 Å². The molecule has 2 aromatic rings. The van der Waals surface area contributed by atoms with Gasteiger partial charge >= 0.3 is 16.2 Å². The second-order valence-corrected chi connectivity index (χ2v) is 24.1. The van der Waals surface area contributed by atoms with Gasteiger partial charge in [-0.15, -0.1) is 15.6 Å². The van der Waals surface area contributed by atoms with Crippen molar-refractivity contribution in [2.24, 2.45) is 23.5 Å². The van der Waals surface area contributed by atoms with Crippen LogP contribution in [-0.4, -0.2) is 167 Å². The number of hydrogen-bond donors (Lipinski definition) is 11. The van der Waals surface area contributed by atoms with E-state index in [1.54, 1.807) is 71.9 Å². The van der Waals surface area contributed by atoms with Crippen LogP contribution in [0.1, 0.15) is 93.1 Å². The van der Waals surface area contributed by atoms with E-state index < -0.39 is 129 Å². The Morgan fingerprint density at radius 2 is 1.27 bits per heavy atom. The third-order valence-corrected chi connectivity index (χ3v) is 15.3. The first-order chi connectivity index (χ1) is 36.5. The molecule has 7 amide bonds. The molecule has 1 unspecified atom stereocenters. The molecule has 436 valence electrons. The number of aliphatic hydroxyl groups excluding tert-OH is 2. The summed E-state index contributed by atoms with van der Waals surface area (Å²) in [7, 11) is -5.14. The minimum atomic E-state index is -5.14. The van der Waals surface area contributed by atoms with Crippen molar-refractivity contribution >= 4 is 81.1 Å². The molecular weight excluding hydrogens is 1070 g/mol. The number of benzene rings is 2. The molecule has 0 spiro atoms. The van der Waals surface area contributed by atoms with Crippen LogP contribution in [-0.2, 0) is 55.0 Å². The molecular formula is C52H80FN9O13S3. The van der Waals surface area contributed by atoms with Crippen molar-refractivity contribution in [3.8, 4) is 0 Å². The number of nitrogens with two attached hydrogens (primary N) is 1. The topological polar surface area (TPSA) is 345 Å². The maximum atomic E-state index is 14.4. The summed E-state index contributed by atoms with van der Waals surface area (Å²) in [4.78, 5) is 110.